The van der Waals surface area contributed by atoms with Gasteiger partial charge in [-0.3, -0.25) is 0 Å². The van der Waals surface area contributed by atoms with Gasteiger partial charge in [-0.05, 0) is 10.2 Å². The molecule has 0 aliphatic carbocycles. The highest BCUT2D eigenvalue weighted by atomic mass is 35.5. The molecule has 0 atom stereocenters. The van der Waals surface area contributed by atoms with Crippen LogP contribution in [0.25, 0.3) is 0 Å². The maximum absolute atomic E-state index is 3.65. The van der Waals surface area contributed by atoms with E-state index in [1.54, 1.807) is 4.17 Å². The summed E-state index contributed by atoms with van der Waals surface area (Å²) in [7, 11) is 1.42. The van der Waals surface area contributed by atoms with Gasteiger partial charge >= 0.3 is 20.4 Å². The van der Waals surface area contributed by atoms with Gasteiger partial charge in [0.15, 0.2) is 0 Å². The van der Waals surface area contributed by atoms with Gasteiger partial charge in [-0.1, -0.05) is 0 Å². The van der Waals surface area contributed by atoms with E-state index < -0.39 is 0 Å². The second-order valence-electron chi connectivity index (χ2n) is 1.43. The molecule has 0 aromatic heterocycles. The van der Waals surface area contributed by atoms with Gasteiger partial charge in [-0.25, -0.2) is 0 Å². The summed E-state index contributed by atoms with van der Waals surface area (Å²) in [6, 6.07) is 0. The van der Waals surface area contributed by atoms with Crippen molar-refractivity contribution in [3.63, 3.8) is 0 Å². The summed E-state index contributed by atoms with van der Waals surface area (Å²) in [4.78, 5) is 0. The molecule has 3 heteroatoms. The van der Waals surface area contributed by atoms with E-state index in [9.17, 15) is 0 Å². The lowest BCUT2D eigenvalue weighted by Gasteiger charge is -1.75. The van der Waals surface area contributed by atoms with Gasteiger partial charge < -0.3 is 0 Å². The molecule has 0 aliphatic rings. The van der Waals surface area contributed by atoms with Crippen molar-refractivity contribution in [2.45, 2.75) is 8.72 Å². The summed E-state index contributed by atoms with van der Waals surface area (Å²) < 4.78 is 2.91. The van der Waals surface area contributed by atoms with E-state index in [1.807, 2.05) is 6.08 Å². The Morgan fingerprint density at radius 3 is 2.43 bits per heavy atom. The predicted molar refractivity (Wildman–Crippen MR) is 42.8 cm³/mol. The smallest absolute Gasteiger partial charge is 0.157 e. The monoisotopic (exact) mass is 146 g/mol. The van der Waals surface area contributed by atoms with Crippen molar-refractivity contribution in [1.82, 2.24) is 0 Å². The molecule has 0 N–H and O–H groups in total. The van der Waals surface area contributed by atoms with Crippen LogP contribution in [0.1, 0.15) is 0 Å². The molecular weight excluding hydrogens is 136 g/mol. The Balaban J connectivity index is 0. The Labute approximate surface area is 64.3 Å². The third-order valence-electron chi connectivity index (χ3n) is 0.762. The van der Waals surface area contributed by atoms with Gasteiger partial charge in [0, 0.05) is 0 Å². The molecule has 0 aromatic carbocycles. The highest BCUT2D eigenvalue weighted by molar-refractivity contribution is 6.47. The SMILES string of the molecule is C=C[CH2][Mg][CH2][SiH3].Cl. The minimum atomic E-state index is 0. The molecule has 40 valence electrons. The topological polar surface area (TPSA) is 0 Å². The first-order chi connectivity index (χ1) is 2.91. The minimum absolute atomic E-state index is 0. The third-order valence-corrected chi connectivity index (χ3v) is 4.41. The molecule has 0 unspecified atom stereocenters. The Kier molecular flexibility index (Phi) is 15.7. The molecule has 0 fully saturated rings. The van der Waals surface area contributed by atoms with Gasteiger partial charge in [-0.15, -0.1) is 29.6 Å². The summed E-state index contributed by atoms with van der Waals surface area (Å²) >= 11 is 0.365. The molecule has 0 saturated carbocycles. The fourth-order valence-electron chi connectivity index (χ4n) is 0.348. The van der Waals surface area contributed by atoms with Gasteiger partial charge in [0.1, 0.15) is 0 Å². The summed E-state index contributed by atoms with van der Waals surface area (Å²) in [5.41, 5.74) is 0. The lowest BCUT2D eigenvalue weighted by Crippen LogP contribution is -1.82. The van der Waals surface area contributed by atoms with Crippen LogP contribution >= 0.6 is 12.4 Å². The fraction of sp³-hybridized carbons (Fsp3) is 0.500. The van der Waals surface area contributed by atoms with Crippen molar-refractivity contribution in [2.75, 3.05) is 0 Å². The van der Waals surface area contributed by atoms with Crippen molar-refractivity contribution >= 4 is 43.0 Å². The average Bonchev–Trinajstić information content (AvgIpc) is 1.61. The highest BCUT2D eigenvalue weighted by Crippen LogP contribution is 1.78. The second kappa shape index (κ2) is 10.1. The van der Waals surface area contributed by atoms with Crippen LogP contribution in [0.3, 0.4) is 0 Å². The third kappa shape index (κ3) is 10.9. The van der Waals surface area contributed by atoms with E-state index in [1.165, 1.54) is 14.8 Å². The van der Waals surface area contributed by atoms with Crippen molar-refractivity contribution in [3.8, 4) is 0 Å². The summed E-state index contributed by atoms with van der Waals surface area (Å²) in [5.74, 6) is 0. The van der Waals surface area contributed by atoms with E-state index in [-0.39, 0.29) is 12.4 Å². The Hall–Kier alpha value is 1.01. The summed E-state index contributed by atoms with van der Waals surface area (Å²) in [6.45, 7) is 3.65. The summed E-state index contributed by atoms with van der Waals surface area (Å²) in [6.07, 6.45) is 2.05. The van der Waals surface area contributed by atoms with E-state index in [4.69, 9.17) is 0 Å². The molecule has 0 amide bonds. The van der Waals surface area contributed by atoms with Gasteiger partial charge in [0.2, 0.25) is 0 Å². The molecule has 0 saturated heterocycles. The molecule has 0 bridgehead atoms. The van der Waals surface area contributed by atoms with Crippen LogP contribution in [0.2, 0.25) is 8.72 Å². The molecule has 0 radical (unpaired) electrons. The summed E-state index contributed by atoms with van der Waals surface area (Å²) in [5, 5.41) is 0. The van der Waals surface area contributed by atoms with Crippen molar-refractivity contribution in [1.29, 1.82) is 0 Å². The van der Waals surface area contributed by atoms with Crippen LogP contribution in [0, 0.1) is 0 Å². The van der Waals surface area contributed by atoms with Crippen LogP contribution in [-0.2, 0) is 0 Å². The fourth-order valence-corrected chi connectivity index (χ4v) is 2.27. The van der Waals surface area contributed by atoms with Gasteiger partial charge in [-0.2, -0.15) is 4.17 Å². The molecule has 0 spiro atoms. The molecule has 0 nitrogen and oxygen atoms in total. The number of allylic oxidation sites excluding steroid dienone is 1. The zero-order valence-electron chi connectivity index (χ0n) is 4.81. The lowest BCUT2D eigenvalue weighted by atomic mass is 10.8. The van der Waals surface area contributed by atoms with Gasteiger partial charge in [0.25, 0.3) is 0 Å². The molecule has 0 aromatic rings. The maximum atomic E-state index is 3.65. The van der Waals surface area contributed by atoms with E-state index in [0.717, 1.165) is 0 Å². The van der Waals surface area contributed by atoms with Crippen LogP contribution < -0.4 is 0 Å². The zero-order chi connectivity index (χ0) is 4.83. The van der Waals surface area contributed by atoms with Crippen LogP contribution in [-0.4, -0.2) is 30.6 Å². The van der Waals surface area contributed by atoms with E-state index in [0.29, 0.717) is 20.4 Å². The normalized spacial score (nSPS) is 6.29. The quantitative estimate of drug-likeness (QED) is 0.309. The molecule has 0 heterocycles. The van der Waals surface area contributed by atoms with Crippen molar-refractivity contribution in [2.24, 2.45) is 0 Å². The number of rotatable bonds is 3. The first kappa shape index (κ1) is 10.9. The van der Waals surface area contributed by atoms with Crippen molar-refractivity contribution in [3.05, 3.63) is 12.7 Å². The molecular formula is C4H11ClMgSi. The second-order valence-corrected chi connectivity index (χ2v) is 6.72. The van der Waals surface area contributed by atoms with Gasteiger partial charge in [0.05, 0.1) is 0 Å². The molecule has 0 rings (SSSR count). The maximum Gasteiger partial charge on any atom is 0.365 e. The number of hydrogen-bond donors (Lipinski definition) is 0. The van der Waals surface area contributed by atoms with Crippen LogP contribution in [0.5, 0.6) is 0 Å². The molecule has 0 aliphatic heterocycles. The Morgan fingerprint density at radius 2 is 2.29 bits per heavy atom. The zero-order valence-corrected chi connectivity index (χ0v) is 9.04. The standard InChI is InChI=1S/C3H5.CH5Si.ClH.Mg/c1-3-2;1-2;;/h3H,1-2H2;1H2,2H3;1H;. The first-order valence-electron chi connectivity index (χ1n) is 2.52. The van der Waals surface area contributed by atoms with Crippen LogP contribution in [0.15, 0.2) is 12.7 Å². The first-order valence-corrected chi connectivity index (χ1v) is 5.94. The molecule has 7 heavy (non-hydrogen) atoms. The Bertz CT molecular complexity index is 40.7. The van der Waals surface area contributed by atoms with E-state index in [2.05, 4.69) is 6.58 Å². The minimum Gasteiger partial charge on any atom is -0.157 e. The van der Waals surface area contributed by atoms with Crippen molar-refractivity contribution < 1.29 is 0 Å². The number of halogens is 1. The largest absolute Gasteiger partial charge is 0.365 e. The number of hydrogen-bond acceptors (Lipinski definition) is 0. The highest BCUT2D eigenvalue weighted by Gasteiger charge is 1.81. The van der Waals surface area contributed by atoms with Crippen LogP contribution in [0.4, 0.5) is 0 Å². The Morgan fingerprint density at radius 1 is 1.71 bits per heavy atom. The van der Waals surface area contributed by atoms with E-state index >= 15 is 0 Å². The average molecular weight is 147 g/mol. The predicted octanol–water partition coefficient (Wildman–Crippen LogP) is 0.458. The lowest BCUT2D eigenvalue weighted by molar-refractivity contribution is 1.69.